The maximum Gasteiger partial charge on any atom is 0.244 e. The van der Waals surface area contributed by atoms with Crippen LogP contribution in [0.2, 0.25) is 15.1 Å². The van der Waals surface area contributed by atoms with Gasteiger partial charge in [0.15, 0.2) is 0 Å². The first-order valence-corrected chi connectivity index (χ1v) is 16.0. The molecule has 7 nitrogen and oxygen atoms in total. The van der Waals surface area contributed by atoms with Gasteiger partial charge in [-0.2, -0.15) is 0 Å². The van der Waals surface area contributed by atoms with Crippen LogP contribution in [0.5, 0.6) is 0 Å². The van der Waals surface area contributed by atoms with Crippen LogP contribution in [0.4, 0.5) is 5.69 Å². The van der Waals surface area contributed by atoms with Crippen LogP contribution in [0.15, 0.2) is 66.7 Å². The summed E-state index contributed by atoms with van der Waals surface area (Å²) in [6, 6.07) is 18.0. The number of hydrogen-bond acceptors (Lipinski definition) is 4. The minimum absolute atomic E-state index is 0.0430. The second-order valence-electron chi connectivity index (χ2n) is 10.3. The summed E-state index contributed by atoms with van der Waals surface area (Å²) in [6.07, 6.45) is 1.24. The Labute approximate surface area is 257 Å². The predicted molar refractivity (Wildman–Crippen MR) is 167 cm³/mol. The van der Waals surface area contributed by atoms with Crippen molar-refractivity contribution in [2.75, 3.05) is 23.7 Å². The lowest BCUT2D eigenvalue weighted by atomic mass is 10.0. The predicted octanol–water partition coefficient (Wildman–Crippen LogP) is 6.13. The van der Waals surface area contributed by atoms with E-state index in [4.69, 9.17) is 34.8 Å². The summed E-state index contributed by atoms with van der Waals surface area (Å²) in [6.45, 7) is 5.50. The third kappa shape index (κ3) is 9.36. The van der Waals surface area contributed by atoms with Crippen LogP contribution in [0, 0.1) is 12.8 Å². The highest BCUT2D eigenvalue weighted by Crippen LogP contribution is 2.28. The number of halogens is 3. The third-order valence-corrected chi connectivity index (χ3v) is 8.37. The number of carbonyl (C=O) groups excluding carboxylic acids is 2. The summed E-state index contributed by atoms with van der Waals surface area (Å²) in [7, 11) is -3.90. The van der Waals surface area contributed by atoms with Crippen molar-refractivity contribution in [2.24, 2.45) is 5.92 Å². The van der Waals surface area contributed by atoms with E-state index in [0.717, 1.165) is 16.1 Å². The largest absolute Gasteiger partial charge is 0.354 e. The summed E-state index contributed by atoms with van der Waals surface area (Å²) in [5.74, 6) is -0.745. The summed E-state index contributed by atoms with van der Waals surface area (Å²) in [4.78, 5) is 29.2. The molecule has 0 spiro atoms. The Morgan fingerprint density at radius 2 is 1.56 bits per heavy atom. The fraction of sp³-hybridized carbons (Fsp3) is 0.333. The number of nitrogens with zero attached hydrogens (tertiary/aromatic N) is 2. The molecule has 0 aliphatic heterocycles. The van der Waals surface area contributed by atoms with Crippen molar-refractivity contribution in [3.63, 3.8) is 0 Å². The van der Waals surface area contributed by atoms with Gasteiger partial charge < -0.3 is 10.2 Å². The Morgan fingerprint density at radius 1 is 0.927 bits per heavy atom. The van der Waals surface area contributed by atoms with E-state index < -0.39 is 28.5 Å². The normalized spacial score (nSPS) is 12.2. The molecule has 2 amide bonds. The van der Waals surface area contributed by atoms with Gasteiger partial charge in [0.2, 0.25) is 21.8 Å². The topological polar surface area (TPSA) is 86.8 Å². The average Bonchev–Trinajstić information content (AvgIpc) is 2.89. The van der Waals surface area contributed by atoms with E-state index >= 15 is 0 Å². The zero-order valence-corrected chi connectivity index (χ0v) is 26.5. The molecule has 0 saturated heterocycles. The van der Waals surface area contributed by atoms with E-state index in [9.17, 15) is 18.0 Å². The molecule has 0 bridgehead atoms. The van der Waals surface area contributed by atoms with Crippen LogP contribution in [0.3, 0.4) is 0 Å². The molecule has 0 saturated carbocycles. The van der Waals surface area contributed by atoms with Crippen LogP contribution in [-0.2, 0) is 32.6 Å². The van der Waals surface area contributed by atoms with Crippen LogP contribution in [0.25, 0.3) is 0 Å². The van der Waals surface area contributed by atoms with Crippen LogP contribution >= 0.6 is 34.8 Å². The van der Waals surface area contributed by atoms with Gasteiger partial charge >= 0.3 is 0 Å². The highest BCUT2D eigenvalue weighted by Gasteiger charge is 2.33. The van der Waals surface area contributed by atoms with Gasteiger partial charge in [-0.25, -0.2) is 8.42 Å². The molecule has 1 unspecified atom stereocenters. The second-order valence-corrected chi connectivity index (χ2v) is 13.5. The van der Waals surface area contributed by atoms with Gasteiger partial charge in [0, 0.05) is 34.6 Å². The highest BCUT2D eigenvalue weighted by molar-refractivity contribution is 7.92. The molecular formula is C30H34Cl3N3O4S. The first kappa shape index (κ1) is 32.7. The number of rotatable bonds is 12. The van der Waals surface area contributed by atoms with E-state index in [1.165, 1.54) is 4.90 Å². The molecule has 0 fully saturated rings. The highest BCUT2D eigenvalue weighted by atomic mass is 35.5. The zero-order valence-electron chi connectivity index (χ0n) is 23.4. The molecule has 0 aliphatic carbocycles. The molecule has 1 atom stereocenters. The van der Waals surface area contributed by atoms with Crippen molar-refractivity contribution in [3.8, 4) is 0 Å². The molecule has 0 radical (unpaired) electrons. The fourth-order valence-electron chi connectivity index (χ4n) is 4.30. The Bertz CT molecular complexity index is 1480. The molecule has 3 aromatic rings. The van der Waals surface area contributed by atoms with Gasteiger partial charge in [-0.1, -0.05) is 85.0 Å². The van der Waals surface area contributed by atoms with Crippen LogP contribution < -0.4 is 9.62 Å². The van der Waals surface area contributed by atoms with Crippen molar-refractivity contribution in [1.82, 2.24) is 10.2 Å². The molecule has 220 valence electrons. The first-order valence-electron chi connectivity index (χ1n) is 13.0. The van der Waals surface area contributed by atoms with Crippen molar-refractivity contribution in [2.45, 2.75) is 39.8 Å². The van der Waals surface area contributed by atoms with E-state index in [-0.39, 0.29) is 24.8 Å². The van der Waals surface area contributed by atoms with E-state index in [1.807, 2.05) is 44.2 Å². The minimum Gasteiger partial charge on any atom is -0.354 e. The van der Waals surface area contributed by atoms with Gasteiger partial charge in [0.05, 0.1) is 11.9 Å². The first-order chi connectivity index (χ1) is 19.3. The van der Waals surface area contributed by atoms with E-state index in [2.05, 4.69) is 5.32 Å². The fourth-order valence-corrected chi connectivity index (χ4v) is 5.91. The summed E-state index contributed by atoms with van der Waals surface area (Å²) in [5.41, 5.74) is 2.30. The van der Waals surface area contributed by atoms with Crippen molar-refractivity contribution < 1.29 is 18.0 Å². The zero-order chi connectivity index (χ0) is 30.3. The molecular weight excluding hydrogens is 605 g/mol. The molecule has 3 rings (SSSR count). The Hall–Kier alpha value is -2.78. The summed E-state index contributed by atoms with van der Waals surface area (Å²) >= 11 is 18.7. The number of carbonyl (C=O) groups is 2. The molecule has 41 heavy (non-hydrogen) atoms. The van der Waals surface area contributed by atoms with Gasteiger partial charge in [-0.15, -0.1) is 0 Å². The van der Waals surface area contributed by atoms with Gasteiger partial charge in [0.25, 0.3) is 0 Å². The standard InChI is InChI=1S/C30H34Cl3N3O4S/c1-20(2)17-34-30(38)28(15-22-8-6-5-7-9-22)35(18-23-10-11-25(32)16-26(23)33)29(37)19-36(41(4,39)40)27-13-12-24(31)14-21(27)3/h5-14,16,20,28H,15,17-19H2,1-4H3,(H,34,38). The quantitative estimate of drug-likeness (QED) is 0.259. The van der Waals surface area contributed by atoms with Crippen molar-refractivity contribution >= 4 is 62.3 Å². The van der Waals surface area contributed by atoms with Crippen molar-refractivity contribution in [3.05, 3.63) is 98.5 Å². The Morgan fingerprint density at radius 3 is 2.15 bits per heavy atom. The number of anilines is 1. The smallest absolute Gasteiger partial charge is 0.244 e. The minimum atomic E-state index is -3.90. The summed E-state index contributed by atoms with van der Waals surface area (Å²) in [5, 5.41) is 4.13. The monoisotopic (exact) mass is 637 g/mol. The molecule has 1 N–H and O–H groups in total. The number of amides is 2. The molecule has 0 aliphatic rings. The lowest BCUT2D eigenvalue weighted by Crippen LogP contribution is -2.53. The maximum atomic E-state index is 14.2. The van der Waals surface area contributed by atoms with Gasteiger partial charge in [-0.3, -0.25) is 13.9 Å². The number of sulfonamides is 1. The third-order valence-electron chi connectivity index (χ3n) is 6.42. The van der Waals surface area contributed by atoms with Gasteiger partial charge in [-0.05, 0) is 59.9 Å². The number of hydrogen-bond donors (Lipinski definition) is 1. The maximum absolute atomic E-state index is 14.2. The van der Waals surface area contributed by atoms with Crippen LogP contribution in [-0.4, -0.2) is 50.5 Å². The number of benzene rings is 3. The SMILES string of the molecule is Cc1cc(Cl)ccc1N(CC(=O)N(Cc1ccc(Cl)cc1Cl)C(Cc1ccccc1)C(=O)NCC(C)C)S(C)(=O)=O. The molecule has 0 aromatic heterocycles. The van der Waals surface area contributed by atoms with Gasteiger partial charge in [0.1, 0.15) is 12.6 Å². The number of nitrogens with one attached hydrogen (secondary N) is 1. The molecule has 11 heteroatoms. The van der Waals surface area contributed by atoms with Crippen molar-refractivity contribution in [1.29, 1.82) is 0 Å². The lowest BCUT2D eigenvalue weighted by Gasteiger charge is -2.34. The summed E-state index contributed by atoms with van der Waals surface area (Å²) < 4.78 is 26.9. The van der Waals surface area contributed by atoms with E-state index in [0.29, 0.717) is 38.4 Å². The Balaban J connectivity index is 2.09. The number of aryl methyl sites for hydroxylation is 1. The average molecular weight is 639 g/mol. The van der Waals surface area contributed by atoms with E-state index in [1.54, 1.807) is 43.3 Å². The van der Waals surface area contributed by atoms with Crippen LogP contribution in [0.1, 0.15) is 30.5 Å². The molecule has 3 aromatic carbocycles. The second kappa shape index (κ2) is 14.4. The molecule has 0 heterocycles. The lowest BCUT2D eigenvalue weighted by molar-refractivity contribution is -0.140. The Kier molecular flexibility index (Phi) is 11.5.